The summed E-state index contributed by atoms with van der Waals surface area (Å²) >= 11 is 0. The van der Waals surface area contributed by atoms with Gasteiger partial charge >= 0.3 is 5.69 Å². The summed E-state index contributed by atoms with van der Waals surface area (Å²) < 4.78 is 0. The molecule has 7 heteroatoms. The molecule has 1 heterocycles. The molecule has 0 aliphatic carbocycles. The topological polar surface area (TPSA) is 105 Å². The van der Waals surface area contributed by atoms with E-state index in [1.54, 1.807) is 0 Å². The molecule has 7 nitrogen and oxygen atoms in total. The Kier molecular flexibility index (Phi) is 3.84. The van der Waals surface area contributed by atoms with Gasteiger partial charge in [-0.2, -0.15) is 0 Å². The van der Waals surface area contributed by atoms with Gasteiger partial charge in [-0.05, 0) is 11.6 Å². The lowest BCUT2D eigenvalue weighted by atomic mass is 9.99. The van der Waals surface area contributed by atoms with Crippen LogP contribution >= 0.6 is 0 Å². The number of nitro benzene ring substituents is 1. The lowest BCUT2D eigenvalue weighted by Gasteiger charge is -2.08. The van der Waals surface area contributed by atoms with Gasteiger partial charge in [-0.15, -0.1) is 0 Å². The molecule has 2 aromatic carbocycles. The van der Waals surface area contributed by atoms with Crippen molar-refractivity contribution in [3.63, 3.8) is 0 Å². The summed E-state index contributed by atoms with van der Waals surface area (Å²) in [5, 5.41) is 34.0. The number of nitro groups is 1. The molecule has 0 bridgehead atoms. The quantitative estimate of drug-likeness (QED) is 0.513. The fraction of sp³-hybridized carbons (Fsp3) is 0.188. The van der Waals surface area contributed by atoms with Crippen LogP contribution in [-0.2, 0) is 11.3 Å². The Hall–Kier alpha value is -3.09. The molecule has 0 spiro atoms. The summed E-state index contributed by atoms with van der Waals surface area (Å²) in [6, 6.07) is 12.2. The number of aromatic hydroxyl groups is 2. The van der Waals surface area contributed by atoms with Gasteiger partial charge in [-0.25, -0.2) is 0 Å². The zero-order valence-corrected chi connectivity index (χ0v) is 12.0. The first-order chi connectivity index (χ1) is 11.0. The predicted octanol–water partition coefficient (Wildman–Crippen LogP) is 2.74. The first kappa shape index (κ1) is 14.8. The van der Waals surface area contributed by atoms with E-state index in [9.17, 15) is 20.3 Å². The zero-order chi connectivity index (χ0) is 16.4. The van der Waals surface area contributed by atoms with E-state index in [4.69, 9.17) is 4.84 Å². The fourth-order valence-corrected chi connectivity index (χ4v) is 2.50. The molecule has 1 aliphatic heterocycles. The van der Waals surface area contributed by atoms with Crippen molar-refractivity contribution in [3.05, 3.63) is 63.7 Å². The number of phenols is 2. The van der Waals surface area contributed by atoms with Crippen molar-refractivity contribution in [1.29, 1.82) is 0 Å². The maximum atomic E-state index is 10.9. The predicted molar refractivity (Wildman–Crippen MR) is 82.6 cm³/mol. The average Bonchev–Trinajstić information content (AvgIpc) is 2.99. The van der Waals surface area contributed by atoms with Gasteiger partial charge in [-0.1, -0.05) is 35.5 Å². The van der Waals surface area contributed by atoms with Crippen LogP contribution < -0.4 is 0 Å². The van der Waals surface area contributed by atoms with E-state index in [-0.39, 0.29) is 6.10 Å². The van der Waals surface area contributed by atoms with Crippen molar-refractivity contribution in [3.8, 4) is 11.5 Å². The van der Waals surface area contributed by atoms with Gasteiger partial charge < -0.3 is 15.1 Å². The molecule has 0 saturated carbocycles. The molecule has 118 valence electrons. The molecule has 0 aromatic heterocycles. The minimum absolute atomic E-state index is 0.164. The van der Waals surface area contributed by atoms with Gasteiger partial charge in [0.05, 0.1) is 10.6 Å². The molecule has 1 aliphatic rings. The summed E-state index contributed by atoms with van der Waals surface area (Å²) in [6.07, 6.45) is 0.971. The summed E-state index contributed by atoms with van der Waals surface area (Å²) in [5.74, 6) is -1.30. The number of rotatable bonds is 4. The second-order valence-corrected chi connectivity index (χ2v) is 5.28. The smallest absolute Gasteiger partial charge is 0.315 e. The number of benzene rings is 2. The molecule has 3 rings (SSSR count). The van der Waals surface area contributed by atoms with E-state index >= 15 is 0 Å². The SMILES string of the molecule is O=[N+]([O-])c1cc(C2=NOC(Cc3ccccc3)C2)cc(O)c1O. The third kappa shape index (κ3) is 3.08. The van der Waals surface area contributed by atoms with E-state index in [1.807, 2.05) is 30.3 Å². The van der Waals surface area contributed by atoms with Gasteiger partial charge in [0.1, 0.15) is 6.10 Å². The van der Waals surface area contributed by atoms with Crippen molar-refractivity contribution >= 4 is 11.4 Å². The summed E-state index contributed by atoms with van der Waals surface area (Å²) in [6.45, 7) is 0. The monoisotopic (exact) mass is 314 g/mol. The lowest BCUT2D eigenvalue weighted by Crippen LogP contribution is -2.12. The summed E-state index contributed by atoms with van der Waals surface area (Å²) in [4.78, 5) is 15.5. The van der Waals surface area contributed by atoms with Gasteiger partial charge in [0.2, 0.25) is 5.75 Å². The maximum absolute atomic E-state index is 10.9. The lowest BCUT2D eigenvalue weighted by molar-refractivity contribution is -0.386. The van der Waals surface area contributed by atoms with E-state index in [0.29, 0.717) is 24.1 Å². The van der Waals surface area contributed by atoms with Crippen LogP contribution in [0.2, 0.25) is 0 Å². The van der Waals surface area contributed by atoms with Crippen LogP contribution in [-0.4, -0.2) is 27.0 Å². The Balaban J connectivity index is 1.78. The Bertz CT molecular complexity index is 774. The maximum Gasteiger partial charge on any atom is 0.315 e. The second kappa shape index (κ2) is 5.96. The number of hydrogen-bond acceptors (Lipinski definition) is 6. The van der Waals surface area contributed by atoms with Crippen molar-refractivity contribution in [2.24, 2.45) is 5.16 Å². The Labute approximate surface area is 131 Å². The number of nitrogens with zero attached hydrogens (tertiary/aromatic N) is 2. The second-order valence-electron chi connectivity index (χ2n) is 5.28. The first-order valence-electron chi connectivity index (χ1n) is 7.02. The van der Waals surface area contributed by atoms with Crippen molar-refractivity contribution in [2.45, 2.75) is 18.9 Å². The Morgan fingerprint density at radius 1 is 1.26 bits per heavy atom. The molecule has 0 saturated heterocycles. The van der Waals surface area contributed by atoms with Gasteiger partial charge in [0.15, 0.2) is 5.75 Å². The molecular weight excluding hydrogens is 300 g/mol. The molecule has 0 radical (unpaired) electrons. The number of oxime groups is 1. The third-order valence-corrected chi connectivity index (χ3v) is 3.64. The highest BCUT2D eigenvalue weighted by Gasteiger charge is 2.26. The van der Waals surface area contributed by atoms with Crippen LogP contribution in [0.3, 0.4) is 0 Å². The largest absolute Gasteiger partial charge is 0.504 e. The van der Waals surface area contributed by atoms with E-state index in [0.717, 1.165) is 5.56 Å². The van der Waals surface area contributed by atoms with Gasteiger partial charge in [0, 0.05) is 24.5 Å². The third-order valence-electron chi connectivity index (χ3n) is 3.64. The van der Waals surface area contributed by atoms with Crippen LogP contribution in [0, 0.1) is 10.1 Å². The van der Waals surface area contributed by atoms with Crippen LogP contribution in [0.4, 0.5) is 5.69 Å². The van der Waals surface area contributed by atoms with Crippen molar-refractivity contribution in [2.75, 3.05) is 0 Å². The van der Waals surface area contributed by atoms with Gasteiger partial charge in [0.25, 0.3) is 0 Å². The molecular formula is C16H14N2O5. The molecule has 1 atom stereocenters. The van der Waals surface area contributed by atoms with Crippen molar-refractivity contribution in [1.82, 2.24) is 0 Å². The highest BCUT2D eigenvalue weighted by Crippen LogP contribution is 2.37. The Morgan fingerprint density at radius 2 is 2.00 bits per heavy atom. The fourth-order valence-electron chi connectivity index (χ4n) is 2.50. The molecule has 23 heavy (non-hydrogen) atoms. The highest BCUT2D eigenvalue weighted by atomic mass is 16.6. The highest BCUT2D eigenvalue weighted by molar-refractivity contribution is 6.02. The van der Waals surface area contributed by atoms with E-state index < -0.39 is 22.1 Å². The van der Waals surface area contributed by atoms with E-state index in [1.165, 1.54) is 12.1 Å². The van der Waals surface area contributed by atoms with Crippen molar-refractivity contribution < 1.29 is 20.0 Å². The minimum atomic E-state index is -0.754. The molecule has 2 N–H and O–H groups in total. The summed E-state index contributed by atoms with van der Waals surface area (Å²) in [7, 11) is 0. The van der Waals surface area contributed by atoms with Crippen LogP contribution in [0.5, 0.6) is 11.5 Å². The molecule has 0 amide bonds. The molecule has 1 unspecified atom stereocenters. The number of phenolic OH excluding ortho intramolecular Hbond substituents is 2. The minimum Gasteiger partial charge on any atom is -0.504 e. The van der Waals surface area contributed by atoms with Crippen LogP contribution in [0.15, 0.2) is 47.6 Å². The van der Waals surface area contributed by atoms with Gasteiger partial charge in [-0.3, -0.25) is 10.1 Å². The zero-order valence-electron chi connectivity index (χ0n) is 12.0. The Morgan fingerprint density at radius 3 is 2.70 bits per heavy atom. The average molecular weight is 314 g/mol. The summed E-state index contributed by atoms with van der Waals surface area (Å²) in [5.41, 5.74) is 1.41. The first-order valence-corrected chi connectivity index (χ1v) is 7.02. The normalized spacial score (nSPS) is 16.7. The van der Waals surface area contributed by atoms with E-state index in [2.05, 4.69) is 5.16 Å². The standard InChI is InChI=1S/C16H14N2O5/c19-15-8-11(7-14(16(15)20)18(21)22)13-9-12(23-17-13)6-10-4-2-1-3-5-10/h1-5,7-8,12,19-20H,6,9H2. The molecule has 0 fully saturated rings. The van der Waals surface area contributed by atoms with Crippen LogP contribution in [0.1, 0.15) is 17.5 Å². The number of hydrogen-bond donors (Lipinski definition) is 2. The molecule has 2 aromatic rings. The van der Waals surface area contributed by atoms with Crippen LogP contribution in [0.25, 0.3) is 0 Å².